The van der Waals surface area contributed by atoms with Crippen molar-refractivity contribution in [3.63, 3.8) is 0 Å². The molecule has 0 fully saturated rings. The Bertz CT molecular complexity index is 1030. The van der Waals surface area contributed by atoms with Crippen LogP contribution in [-0.4, -0.2) is 26.9 Å². The zero-order valence-electron chi connectivity index (χ0n) is 13.3. The second-order valence-electron chi connectivity index (χ2n) is 5.35. The van der Waals surface area contributed by atoms with Crippen molar-refractivity contribution in [3.8, 4) is 11.4 Å². The lowest BCUT2D eigenvalue weighted by atomic mass is 10.3. The molecule has 0 saturated heterocycles. The highest BCUT2D eigenvalue weighted by molar-refractivity contribution is 5.89. The van der Waals surface area contributed by atoms with Crippen LogP contribution in [0.15, 0.2) is 61.1 Å². The zero-order chi connectivity index (χ0) is 17.2. The fourth-order valence-electron chi connectivity index (χ4n) is 2.55. The number of fused-ring (bicyclic) bond motifs is 1. The maximum Gasteiger partial charge on any atom is 0.168 e. The van der Waals surface area contributed by atoms with E-state index in [0.717, 1.165) is 16.8 Å². The number of anilines is 2. The monoisotopic (exact) mass is 335 g/mol. The van der Waals surface area contributed by atoms with Gasteiger partial charge in [-0.25, -0.2) is 19.0 Å². The number of ether oxygens (including phenoxy) is 1. The van der Waals surface area contributed by atoms with Gasteiger partial charge in [-0.1, -0.05) is 6.07 Å². The van der Waals surface area contributed by atoms with E-state index in [9.17, 15) is 4.39 Å². The summed E-state index contributed by atoms with van der Waals surface area (Å²) >= 11 is 0. The first kappa shape index (κ1) is 15.1. The highest BCUT2D eigenvalue weighted by atomic mass is 19.1. The van der Waals surface area contributed by atoms with Gasteiger partial charge in [0.1, 0.15) is 23.7 Å². The summed E-state index contributed by atoms with van der Waals surface area (Å²) in [7, 11) is 1.62. The Hall–Kier alpha value is -3.48. The summed E-state index contributed by atoms with van der Waals surface area (Å²) in [6.45, 7) is 0. The maximum atomic E-state index is 13.5. The zero-order valence-corrected chi connectivity index (χ0v) is 13.3. The van der Waals surface area contributed by atoms with Gasteiger partial charge in [0, 0.05) is 5.69 Å². The van der Waals surface area contributed by atoms with Crippen LogP contribution in [0.4, 0.5) is 15.9 Å². The van der Waals surface area contributed by atoms with Crippen molar-refractivity contribution < 1.29 is 9.13 Å². The van der Waals surface area contributed by atoms with E-state index in [0.29, 0.717) is 17.2 Å². The van der Waals surface area contributed by atoms with Gasteiger partial charge in [-0.15, -0.1) is 0 Å². The Kier molecular flexibility index (Phi) is 3.74. The van der Waals surface area contributed by atoms with Crippen molar-refractivity contribution >= 4 is 22.5 Å². The minimum absolute atomic E-state index is 0.327. The number of nitrogens with one attached hydrogen (secondary N) is 1. The van der Waals surface area contributed by atoms with Gasteiger partial charge < -0.3 is 10.1 Å². The first-order valence-corrected chi connectivity index (χ1v) is 7.60. The predicted octanol–water partition coefficient (Wildman–Crippen LogP) is 3.71. The highest BCUT2D eigenvalue weighted by Gasteiger charge is 2.11. The third-order valence-electron chi connectivity index (χ3n) is 3.77. The summed E-state index contributed by atoms with van der Waals surface area (Å²) < 4.78 is 20.2. The van der Waals surface area contributed by atoms with Crippen molar-refractivity contribution in [1.82, 2.24) is 19.7 Å². The number of hydrogen-bond donors (Lipinski definition) is 1. The number of nitrogens with zero attached hydrogens (tertiary/aromatic N) is 4. The smallest absolute Gasteiger partial charge is 0.168 e. The molecule has 0 spiro atoms. The average Bonchev–Trinajstić information content (AvgIpc) is 3.07. The van der Waals surface area contributed by atoms with E-state index in [1.807, 2.05) is 24.3 Å². The summed E-state index contributed by atoms with van der Waals surface area (Å²) in [5.41, 5.74) is 2.06. The molecule has 1 N–H and O–H groups in total. The molecule has 25 heavy (non-hydrogen) atoms. The molecule has 0 radical (unpaired) electrons. The summed E-state index contributed by atoms with van der Waals surface area (Å²) in [4.78, 5) is 8.57. The highest BCUT2D eigenvalue weighted by Crippen LogP contribution is 2.25. The van der Waals surface area contributed by atoms with E-state index < -0.39 is 0 Å². The van der Waals surface area contributed by atoms with E-state index in [1.54, 1.807) is 30.1 Å². The van der Waals surface area contributed by atoms with Crippen LogP contribution < -0.4 is 10.1 Å². The number of methoxy groups -OCH3 is 1. The summed E-state index contributed by atoms with van der Waals surface area (Å²) in [5.74, 6) is 1.07. The van der Waals surface area contributed by atoms with Crippen LogP contribution in [-0.2, 0) is 0 Å². The fourth-order valence-corrected chi connectivity index (χ4v) is 2.55. The molecule has 6 nitrogen and oxygen atoms in total. The van der Waals surface area contributed by atoms with Crippen LogP contribution in [0.5, 0.6) is 5.75 Å². The SMILES string of the molecule is COc1ccc(Nc2ncnc3c2cnn3-c2cccc(F)c2)cc1. The van der Waals surface area contributed by atoms with Crippen molar-refractivity contribution in [2.75, 3.05) is 12.4 Å². The van der Waals surface area contributed by atoms with Gasteiger partial charge in [0.15, 0.2) is 5.65 Å². The van der Waals surface area contributed by atoms with Crippen LogP contribution in [0.25, 0.3) is 16.7 Å². The van der Waals surface area contributed by atoms with Crippen molar-refractivity contribution in [2.45, 2.75) is 0 Å². The number of benzene rings is 2. The number of hydrogen-bond acceptors (Lipinski definition) is 5. The molecule has 4 rings (SSSR count). The Morgan fingerprint density at radius 1 is 1.08 bits per heavy atom. The van der Waals surface area contributed by atoms with Gasteiger partial charge in [-0.3, -0.25) is 0 Å². The second kappa shape index (κ2) is 6.20. The molecule has 4 aromatic rings. The summed E-state index contributed by atoms with van der Waals surface area (Å²) in [6.07, 6.45) is 3.11. The minimum Gasteiger partial charge on any atom is -0.497 e. The van der Waals surface area contributed by atoms with E-state index in [4.69, 9.17) is 4.74 Å². The first-order valence-electron chi connectivity index (χ1n) is 7.60. The third kappa shape index (κ3) is 2.87. The van der Waals surface area contributed by atoms with E-state index in [2.05, 4.69) is 20.4 Å². The molecule has 2 aromatic heterocycles. The Balaban J connectivity index is 1.73. The van der Waals surface area contributed by atoms with E-state index in [1.165, 1.54) is 18.5 Å². The van der Waals surface area contributed by atoms with Gasteiger partial charge in [0.25, 0.3) is 0 Å². The maximum absolute atomic E-state index is 13.5. The molecule has 0 amide bonds. The van der Waals surface area contributed by atoms with Gasteiger partial charge in [-0.05, 0) is 42.5 Å². The molecular formula is C18H14FN5O. The lowest BCUT2D eigenvalue weighted by Gasteiger charge is -2.08. The van der Waals surface area contributed by atoms with Crippen LogP contribution in [0.3, 0.4) is 0 Å². The predicted molar refractivity (Wildman–Crippen MR) is 92.9 cm³/mol. The molecule has 2 heterocycles. The number of rotatable bonds is 4. The summed E-state index contributed by atoms with van der Waals surface area (Å²) in [5, 5.41) is 8.30. The average molecular weight is 335 g/mol. The molecule has 0 atom stereocenters. The van der Waals surface area contributed by atoms with Crippen molar-refractivity contribution in [3.05, 3.63) is 66.9 Å². The van der Waals surface area contributed by atoms with Gasteiger partial charge in [0.2, 0.25) is 0 Å². The number of halogens is 1. The lowest BCUT2D eigenvalue weighted by Crippen LogP contribution is -2.00. The molecule has 2 aromatic carbocycles. The van der Waals surface area contributed by atoms with Gasteiger partial charge in [0.05, 0.1) is 24.4 Å². The van der Waals surface area contributed by atoms with E-state index in [-0.39, 0.29) is 5.82 Å². The third-order valence-corrected chi connectivity index (χ3v) is 3.77. The molecule has 0 aliphatic carbocycles. The Morgan fingerprint density at radius 3 is 2.68 bits per heavy atom. The molecule has 0 saturated carbocycles. The number of aromatic nitrogens is 4. The molecule has 0 unspecified atom stereocenters. The van der Waals surface area contributed by atoms with Gasteiger partial charge >= 0.3 is 0 Å². The Morgan fingerprint density at radius 2 is 1.92 bits per heavy atom. The van der Waals surface area contributed by atoms with Gasteiger partial charge in [-0.2, -0.15) is 5.10 Å². The second-order valence-corrected chi connectivity index (χ2v) is 5.35. The van der Waals surface area contributed by atoms with Crippen LogP contribution >= 0.6 is 0 Å². The normalized spacial score (nSPS) is 10.8. The van der Waals surface area contributed by atoms with Crippen LogP contribution in [0, 0.1) is 5.82 Å². The molecular weight excluding hydrogens is 321 g/mol. The minimum atomic E-state index is -0.327. The summed E-state index contributed by atoms with van der Waals surface area (Å²) in [6, 6.07) is 13.7. The molecule has 0 bridgehead atoms. The van der Waals surface area contributed by atoms with Crippen molar-refractivity contribution in [2.24, 2.45) is 0 Å². The standard InChI is InChI=1S/C18H14FN5O/c1-25-15-7-5-13(6-8-15)23-17-16-10-22-24(18(16)21-11-20-17)14-4-2-3-12(19)9-14/h2-11H,1H3,(H,20,21,23). The molecule has 0 aliphatic heterocycles. The van der Waals surface area contributed by atoms with Crippen molar-refractivity contribution in [1.29, 1.82) is 0 Å². The van der Waals surface area contributed by atoms with Crippen LogP contribution in [0.2, 0.25) is 0 Å². The van der Waals surface area contributed by atoms with Crippen LogP contribution in [0.1, 0.15) is 0 Å². The molecule has 7 heteroatoms. The van der Waals surface area contributed by atoms with E-state index >= 15 is 0 Å². The quantitative estimate of drug-likeness (QED) is 0.616. The first-order chi connectivity index (χ1) is 12.2. The lowest BCUT2D eigenvalue weighted by molar-refractivity contribution is 0.415. The molecule has 0 aliphatic rings. The fraction of sp³-hybridized carbons (Fsp3) is 0.0556. The largest absolute Gasteiger partial charge is 0.497 e. The molecule has 124 valence electrons. The topological polar surface area (TPSA) is 64.9 Å². The Labute approximate surface area is 142 Å².